The van der Waals surface area contributed by atoms with Crippen LogP contribution in [0.2, 0.25) is 0 Å². The number of aryl methyl sites for hydroxylation is 1. The number of hydrogen-bond donors (Lipinski definition) is 1. The summed E-state index contributed by atoms with van der Waals surface area (Å²) in [6, 6.07) is 10.7. The van der Waals surface area contributed by atoms with E-state index < -0.39 is 5.92 Å². The molecule has 0 bridgehead atoms. The summed E-state index contributed by atoms with van der Waals surface area (Å²) in [4.78, 5) is 24.9. The van der Waals surface area contributed by atoms with Crippen LogP contribution >= 0.6 is 0 Å². The van der Waals surface area contributed by atoms with Crippen LogP contribution in [0.5, 0.6) is 23.0 Å². The summed E-state index contributed by atoms with van der Waals surface area (Å²) in [6.45, 7) is 5.51. The number of amides is 1. The van der Waals surface area contributed by atoms with Crippen molar-refractivity contribution in [3.63, 3.8) is 0 Å². The molecule has 162 valence electrons. The Kier molecular flexibility index (Phi) is 8.71. The number of nitrogens with one attached hydrogen (secondary N) is 1. The third kappa shape index (κ3) is 6.24. The molecule has 1 atom stereocenters. The first kappa shape index (κ1) is 23.3. The van der Waals surface area contributed by atoms with Crippen LogP contribution in [-0.4, -0.2) is 25.9 Å². The summed E-state index contributed by atoms with van der Waals surface area (Å²) in [5.74, 6) is 0.930. The molecule has 6 nitrogen and oxygen atoms in total. The summed E-state index contributed by atoms with van der Waals surface area (Å²) >= 11 is 0. The fraction of sp³-hybridized carbons (Fsp3) is 0.417. The standard InChI is InChI=1S/C24H31NO5/c1-6-7-8-9-19(17(3)26)24(27)25-20-12-11-18(28-4)15-22(20)30-21-13-10-16(2)14-23(21)29-5/h10-15,19H,6-9H2,1-5H3,(H,25,27). The molecule has 6 heteroatoms. The van der Waals surface area contributed by atoms with E-state index >= 15 is 0 Å². The molecule has 0 fully saturated rings. The van der Waals surface area contributed by atoms with E-state index in [1.165, 1.54) is 6.92 Å². The number of ketones is 1. The smallest absolute Gasteiger partial charge is 0.235 e. The van der Waals surface area contributed by atoms with Gasteiger partial charge in [-0.25, -0.2) is 0 Å². The molecule has 30 heavy (non-hydrogen) atoms. The predicted molar refractivity (Wildman–Crippen MR) is 118 cm³/mol. The molecule has 1 unspecified atom stereocenters. The maximum atomic E-state index is 12.8. The molecule has 0 saturated heterocycles. The lowest BCUT2D eigenvalue weighted by Gasteiger charge is -2.18. The number of hydrogen-bond acceptors (Lipinski definition) is 5. The topological polar surface area (TPSA) is 73.9 Å². The second kappa shape index (κ2) is 11.2. The van der Waals surface area contributed by atoms with Crippen LogP contribution in [0.1, 0.15) is 45.1 Å². The zero-order chi connectivity index (χ0) is 22.1. The Morgan fingerprint density at radius 3 is 2.37 bits per heavy atom. The van der Waals surface area contributed by atoms with Crippen molar-refractivity contribution in [3.05, 3.63) is 42.0 Å². The highest BCUT2D eigenvalue weighted by molar-refractivity contribution is 6.07. The van der Waals surface area contributed by atoms with Gasteiger partial charge in [-0.2, -0.15) is 0 Å². The van der Waals surface area contributed by atoms with E-state index in [1.807, 2.05) is 25.1 Å². The normalized spacial score (nSPS) is 11.5. The molecule has 0 saturated carbocycles. The molecule has 2 aromatic rings. The largest absolute Gasteiger partial charge is 0.497 e. The Balaban J connectivity index is 2.30. The van der Waals surface area contributed by atoms with Gasteiger partial charge in [-0.3, -0.25) is 9.59 Å². The average molecular weight is 414 g/mol. The first-order valence-electron chi connectivity index (χ1n) is 10.2. The van der Waals surface area contributed by atoms with Crippen molar-refractivity contribution < 1.29 is 23.8 Å². The van der Waals surface area contributed by atoms with Crippen LogP contribution in [0, 0.1) is 12.8 Å². The number of methoxy groups -OCH3 is 2. The van der Waals surface area contributed by atoms with E-state index in [2.05, 4.69) is 12.2 Å². The van der Waals surface area contributed by atoms with Gasteiger partial charge in [0, 0.05) is 6.07 Å². The van der Waals surface area contributed by atoms with Gasteiger partial charge in [0.2, 0.25) is 5.91 Å². The van der Waals surface area contributed by atoms with Crippen LogP contribution in [0.4, 0.5) is 5.69 Å². The van der Waals surface area contributed by atoms with Crippen molar-refractivity contribution in [1.82, 2.24) is 0 Å². The van der Waals surface area contributed by atoms with E-state index in [1.54, 1.807) is 32.4 Å². The SMILES string of the molecule is CCCCCC(C(C)=O)C(=O)Nc1ccc(OC)cc1Oc1ccc(C)cc1OC. The molecule has 1 amide bonds. The molecule has 0 radical (unpaired) electrons. The van der Waals surface area contributed by atoms with Crippen LogP contribution in [0.25, 0.3) is 0 Å². The van der Waals surface area contributed by atoms with Crippen molar-refractivity contribution >= 4 is 17.4 Å². The third-order valence-corrected chi connectivity index (χ3v) is 4.89. The van der Waals surface area contributed by atoms with E-state index in [9.17, 15) is 9.59 Å². The second-order valence-electron chi connectivity index (χ2n) is 7.27. The van der Waals surface area contributed by atoms with Crippen LogP contribution in [0.15, 0.2) is 36.4 Å². The fourth-order valence-corrected chi connectivity index (χ4v) is 3.13. The molecular formula is C24H31NO5. The zero-order valence-electron chi connectivity index (χ0n) is 18.4. The van der Waals surface area contributed by atoms with Crippen molar-refractivity contribution in [2.75, 3.05) is 19.5 Å². The molecule has 0 aliphatic heterocycles. The fourth-order valence-electron chi connectivity index (χ4n) is 3.13. The highest BCUT2D eigenvalue weighted by Crippen LogP contribution is 2.38. The van der Waals surface area contributed by atoms with Gasteiger partial charge >= 0.3 is 0 Å². The Morgan fingerprint density at radius 1 is 0.967 bits per heavy atom. The van der Waals surface area contributed by atoms with Gasteiger partial charge in [-0.15, -0.1) is 0 Å². The second-order valence-corrected chi connectivity index (χ2v) is 7.27. The lowest BCUT2D eigenvalue weighted by atomic mass is 9.96. The van der Waals surface area contributed by atoms with Gasteiger partial charge in [0.15, 0.2) is 17.2 Å². The molecule has 0 aliphatic rings. The van der Waals surface area contributed by atoms with Crippen molar-refractivity contribution in [3.8, 4) is 23.0 Å². The minimum Gasteiger partial charge on any atom is -0.497 e. The maximum Gasteiger partial charge on any atom is 0.235 e. The van der Waals surface area contributed by atoms with Crippen LogP contribution < -0.4 is 19.5 Å². The van der Waals surface area contributed by atoms with E-state index in [0.29, 0.717) is 35.1 Å². The molecular weight excluding hydrogens is 382 g/mol. The highest BCUT2D eigenvalue weighted by atomic mass is 16.5. The summed E-state index contributed by atoms with van der Waals surface area (Å²) in [7, 11) is 3.13. The maximum absolute atomic E-state index is 12.8. The van der Waals surface area contributed by atoms with Crippen molar-refractivity contribution in [1.29, 1.82) is 0 Å². The first-order valence-corrected chi connectivity index (χ1v) is 10.2. The average Bonchev–Trinajstić information content (AvgIpc) is 2.73. The highest BCUT2D eigenvalue weighted by Gasteiger charge is 2.24. The number of carbonyl (C=O) groups excluding carboxylic acids is 2. The minimum absolute atomic E-state index is 0.139. The van der Waals surface area contributed by atoms with E-state index in [4.69, 9.17) is 14.2 Å². The van der Waals surface area contributed by atoms with Crippen molar-refractivity contribution in [2.45, 2.75) is 46.5 Å². The summed E-state index contributed by atoms with van der Waals surface area (Å²) in [6.07, 6.45) is 3.39. The van der Waals surface area contributed by atoms with Gasteiger partial charge in [0.05, 0.1) is 25.8 Å². The zero-order valence-corrected chi connectivity index (χ0v) is 18.4. The summed E-state index contributed by atoms with van der Waals surface area (Å²) in [5.41, 5.74) is 1.50. The minimum atomic E-state index is -0.680. The molecule has 0 heterocycles. The molecule has 1 N–H and O–H groups in total. The number of unbranched alkanes of at least 4 members (excludes halogenated alkanes) is 2. The molecule has 2 rings (SSSR count). The Labute approximate surface area is 178 Å². The number of ether oxygens (including phenoxy) is 3. The Hall–Kier alpha value is -3.02. The van der Waals surface area contributed by atoms with E-state index in [-0.39, 0.29) is 11.7 Å². The van der Waals surface area contributed by atoms with Gasteiger partial charge in [0.1, 0.15) is 11.5 Å². The number of carbonyl (C=O) groups is 2. The third-order valence-electron chi connectivity index (χ3n) is 4.89. The lowest BCUT2D eigenvalue weighted by Crippen LogP contribution is -2.28. The number of Topliss-reactive ketones (excluding diaryl/α,β-unsaturated/α-hetero) is 1. The predicted octanol–water partition coefficient (Wildman–Crippen LogP) is 5.53. The van der Waals surface area contributed by atoms with Crippen LogP contribution in [0.3, 0.4) is 0 Å². The lowest BCUT2D eigenvalue weighted by molar-refractivity contribution is -0.130. The van der Waals surface area contributed by atoms with Crippen molar-refractivity contribution in [2.24, 2.45) is 5.92 Å². The number of anilines is 1. The van der Waals surface area contributed by atoms with Gasteiger partial charge in [0.25, 0.3) is 0 Å². The number of benzene rings is 2. The Bertz CT molecular complexity index is 878. The first-order chi connectivity index (χ1) is 14.4. The molecule has 0 aliphatic carbocycles. The van der Waals surface area contributed by atoms with Gasteiger partial charge in [-0.05, 0) is 50.1 Å². The van der Waals surface area contributed by atoms with Crippen LogP contribution in [-0.2, 0) is 9.59 Å². The number of rotatable bonds is 11. The summed E-state index contributed by atoms with van der Waals surface area (Å²) in [5, 5.41) is 2.86. The Morgan fingerprint density at radius 2 is 1.73 bits per heavy atom. The summed E-state index contributed by atoms with van der Waals surface area (Å²) < 4.78 is 16.8. The van der Waals surface area contributed by atoms with Gasteiger partial charge < -0.3 is 19.5 Å². The van der Waals surface area contributed by atoms with E-state index in [0.717, 1.165) is 24.8 Å². The monoisotopic (exact) mass is 413 g/mol. The molecule has 0 spiro atoms. The molecule has 2 aromatic carbocycles. The molecule has 0 aromatic heterocycles. The quantitative estimate of drug-likeness (QED) is 0.387. The van der Waals surface area contributed by atoms with Gasteiger partial charge in [-0.1, -0.05) is 32.3 Å².